The highest BCUT2D eigenvalue weighted by atomic mass is 16.6. The first kappa shape index (κ1) is 16.7. The third kappa shape index (κ3) is 4.38. The molecule has 0 aromatic carbocycles. The molecule has 9 nitrogen and oxygen atoms in total. The van der Waals surface area contributed by atoms with Gasteiger partial charge in [0.2, 0.25) is 5.91 Å². The maximum absolute atomic E-state index is 11.9. The van der Waals surface area contributed by atoms with Gasteiger partial charge in [0, 0.05) is 18.8 Å². The van der Waals surface area contributed by atoms with Crippen molar-refractivity contribution in [2.45, 2.75) is 40.3 Å². The van der Waals surface area contributed by atoms with Crippen LogP contribution in [0.4, 0.5) is 5.82 Å². The topological polar surface area (TPSA) is 108 Å². The number of rotatable bonds is 7. The number of aryl methyl sites for hydroxylation is 4. The van der Waals surface area contributed by atoms with Crippen LogP contribution in [0.15, 0.2) is 12.1 Å². The molecule has 1 amide bonds. The second-order valence-electron chi connectivity index (χ2n) is 5.41. The molecule has 2 rings (SSSR count). The summed E-state index contributed by atoms with van der Waals surface area (Å²) in [5, 5.41) is 21.6. The van der Waals surface area contributed by atoms with Gasteiger partial charge in [0.05, 0.1) is 22.6 Å². The normalized spacial score (nSPS) is 10.7. The van der Waals surface area contributed by atoms with Crippen molar-refractivity contribution in [1.29, 1.82) is 0 Å². The molecule has 0 saturated carbocycles. The Hall–Kier alpha value is -2.71. The second kappa shape index (κ2) is 7.03. The number of hydrogen-bond donors (Lipinski definition) is 1. The molecule has 0 aliphatic heterocycles. The maximum Gasteiger partial charge on any atom is 0.390 e. The predicted molar refractivity (Wildman–Crippen MR) is 82.9 cm³/mol. The first-order valence-corrected chi connectivity index (χ1v) is 7.33. The van der Waals surface area contributed by atoms with Gasteiger partial charge in [-0.05, 0) is 38.2 Å². The summed E-state index contributed by atoms with van der Waals surface area (Å²) in [6.45, 7) is 6.82. The van der Waals surface area contributed by atoms with Gasteiger partial charge in [-0.2, -0.15) is 9.78 Å². The van der Waals surface area contributed by atoms with Crippen molar-refractivity contribution in [1.82, 2.24) is 24.9 Å². The highest BCUT2D eigenvalue weighted by molar-refractivity contribution is 5.75. The molecule has 0 unspecified atom stereocenters. The number of carbonyl (C=O) groups excluding carboxylic acids is 1. The number of nitro groups is 1. The van der Waals surface area contributed by atoms with Crippen molar-refractivity contribution in [3.8, 4) is 0 Å². The van der Waals surface area contributed by atoms with Crippen LogP contribution >= 0.6 is 0 Å². The second-order valence-corrected chi connectivity index (χ2v) is 5.41. The monoisotopic (exact) mass is 320 g/mol. The lowest BCUT2D eigenvalue weighted by Gasteiger charge is -2.06. The van der Waals surface area contributed by atoms with Crippen LogP contribution in [0.25, 0.3) is 0 Å². The fourth-order valence-electron chi connectivity index (χ4n) is 2.29. The molecule has 0 aliphatic rings. The van der Waals surface area contributed by atoms with Gasteiger partial charge in [-0.3, -0.25) is 9.48 Å². The van der Waals surface area contributed by atoms with Crippen LogP contribution in [0, 0.1) is 30.9 Å². The van der Waals surface area contributed by atoms with Crippen LogP contribution in [0.2, 0.25) is 0 Å². The van der Waals surface area contributed by atoms with Crippen molar-refractivity contribution < 1.29 is 9.72 Å². The SMILES string of the molecule is Cc1cc(C)n(CCCNC(=O)Cn2nc([N+](=O)[O-])cc2C)n1. The summed E-state index contributed by atoms with van der Waals surface area (Å²) < 4.78 is 3.23. The molecule has 1 N–H and O–H groups in total. The van der Waals surface area contributed by atoms with Gasteiger partial charge in [0.1, 0.15) is 6.54 Å². The maximum atomic E-state index is 11.9. The molecular weight excluding hydrogens is 300 g/mol. The zero-order valence-corrected chi connectivity index (χ0v) is 13.4. The Morgan fingerprint density at radius 1 is 1.22 bits per heavy atom. The van der Waals surface area contributed by atoms with E-state index in [2.05, 4.69) is 15.5 Å². The van der Waals surface area contributed by atoms with E-state index < -0.39 is 4.92 Å². The van der Waals surface area contributed by atoms with Crippen molar-refractivity contribution in [2.24, 2.45) is 0 Å². The molecule has 0 saturated heterocycles. The van der Waals surface area contributed by atoms with E-state index in [0.717, 1.165) is 24.4 Å². The Balaban J connectivity index is 1.77. The fraction of sp³-hybridized carbons (Fsp3) is 0.500. The fourth-order valence-corrected chi connectivity index (χ4v) is 2.29. The number of nitrogens with zero attached hydrogens (tertiary/aromatic N) is 5. The largest absolute Gasteiger partial charge is 0.390 e. The first-order valence-electron chi connectivity index (χ1n) is 7.33. The molecule has 0 fully saturated rings. The number of aromatic nitrogens is 4. The van der Waals surface area contributed by atoms with Crippen LogP contribution < -0.4 is 5.32 Å². The summed E-state index contributed by atoms with van der Waals surface area (Å²) in [5.74, 6) is -0.473. The van der Waals surface area contributed by atoms with Crippen LogP contribution in [-0.4, -0.2) is 36.9 Å². The molecule has 2 aromatic rings. The number of nitrogens with one attached hydrogen (secondary N) is 1. The van der Waals surface area contributed by atoms with E-state index in [1.54, 1.807) is 6.92 Å². The van der Waals surface area contributed by atoms with Crippen LogP contribution in [0.5, 0.6) is 0 Å². The van der Waals surface area contributed by atoms with Gasteiger partial charge >= 0.3 is 5.82 Å². The van der Waals surface area contributed by atoms with E-state index in [4.69, 9.17) is 0 Å². The van der Waals surface area contributed by atoms with E-state index in [9.17, 15) is 14.9 Å². The molecule has 0 atom stereocenters. The first-order chi connectivity index (χ1) is 10.9. The quantitative estimate of drug-likeness (QED) is 0.467. The minimum Gasteiger partial charge on any atom is -0.358 e. The summed E-state index contributed by atoms with van der Waals surface area (Å²) >= 11 is 0. The van der Waals surface area contributed by atoms with E-state index in [1.807, 2.05) is 24.6 Å². The summed E-state index contributed by atoms with van der Waals surface area (Å²) in [7, 11) is 0. The molecule has 0 radical (unpaired) electrons. The lowest BCUT2D eigenvalue weighted by Crippen LogP contribution is -2.29. The van der Waals surface area contributed by atoms with Crippen molar-refractivity contribution >= 4 is 11.7 Å². The lowest BCUT2D eigenvalue weighted by molar-refractivity contribution is -0.389. The van der Waals surface area contributed by atoms with E-state index >= 15 is 0 Å². The average Bonchev–Trinajstić information content (AvgIpc) is 2.98. The van der Waals surface area contributed by atoms with Gasteiger partial charge in [-0.1, -0.05) is 0 Å². The Bertz CT molecular complexity index is 718. The molecule has 9 heteroatoms. The van der Waals surface area contributed by atoms with Gasteiger partial charge in [-0.25, -0.2) is 0 Å². The van der Waals surface area contributed by atoms with E-state index in [1.165, 1.54) is 10.7 Å². The number of amides is 1. The summed E-state index contributed by atoms with van der Waals surface area (Å²) in [6.07, 6.45) is 0.756. The van der Waals surface area contributed by atoms with Crippen molar-refractivity contribution in [2.75, 3.05) is 6.54 Å². The van der Waals surface area contributed by atoms with Gasteiger partial charge in [-0.15, -0.1) is 0 Å². The van der Waals surface area contributed by atoms with E-state index in [0.29, 0.717) is 12.2 Å². The molecule has 124 valence electrons. The minimum absolute atomic E-state index is 0.0282. The van der Waals surface area contributed by atoms with Crippen molar-refractivity contribution in [3.05, 3.63) is 39.3 Å². The van der Waals surface area contributed by atoms with Crippen molar-refractivity contribution in [3.63, 3.8) is 0 Å². The summed E-state index contributed by atoms with van der Waals surface area (Å²) in [6, 6.07) is 3.35. The third-order valence-corrected chi connectivity index (χ3v) is 3.42. The molecular formula is C14H20N6O3. The molecule has 0 aliphatic carbocycles. The molecule has 0 spiro atoms. The van der Waals surface area contributed by atoms with Crippen LogP contribution in [0.1, 0.15) is 23.5 Å². The minimum atomic E-state index is -0.574. The number of hydrogen-bond acceptors (Lipinski definition) is 5. The number of carbonyl (C=O) groups is 1. The van der Waals surface area contributed by atoms with E-state index in [-0.39, 0.29) is 18.3 Å². The summed E-state index contributed by atoms with van der Waals surface area (Å²) in [5.41, 5.74) is 2.64. The van der Waals surface area contributed by atoms with Gasteiger partial charge in [0.25, 0.3) is 0 Å². The van der Waals surface area contributed by atoms with Crippen LogP contribution in [0.3, 0.4) is 0 Å². The Morgan fingerprint density at radius 2 is 1.91 bits per heavy atom. The zero-order valence-electron chi connectivity index (χ0n) is 13.4. The summed E-state index contributed by atoms with van der Waals surface area (Å²) in [4.78, 5) is 21.9. The molecule has 0 bridgehead atoms. The lowest BCUT2D eigenvalue weighted by atomic mass is 10.3. The predicted octanol–water partition coefficient (Wildman–Crippen LogP) is 1.12. The molecule has 2 heterocycles. The Morgan fingerprint density at radius 3 is 2.48 bits per heavy atom. The Kier molecular flexibility index (Phi) is 5.09. The highest BCUT2D eigenvalue weighted by Crippen LogP contribution is 2.10. The Labute approximate surface area is 133 Å². The highest BCUT2D eigenvalue weighted by Gasteiger charge is 2.17. The zero-order chi connectivity index (χ0) is 17.0. The van der Waals surface area contributed by atoms with Gasteiger partial charge < -0.3 is 15.4 Å². The standard InChI is InChI=1S/C14H20N6O3/c1-10-7-11(2)18(16-10)6-4-5-15-14(21)9-19-12(3)8-13(17-19)20(22)23/h7-8H,4-6,9H2,1-3H3,(H,15,21). The molecule has 23 heavy (non-hydrogen) atoms. The smallest absolute Gasteiger partial charge is 0.358 e. The van der Waals surface area contributed by atoms with Crippen LogP contribution in [-0.2, 0) is 17.9 Å². The molecule has 2 aromatic heterocycles. The van der Waals surface area contributed by atoms with Gasteiger partial charge in [0.15, 0.2) is 0 Å². The average molecular weight is 320 g/mol. The third-order valence-electron chi connectivity index (χ3n) is 3.42.